The van der Waals surface area contributed by atoms with Crippen LogP contribution in [0.5, 0.6) is 0 Å². The predicted octanol–water partition coefficient (Wildman–Crippen LogP) is 1.99. The van der Waals surface area contributed by atoms with E-state index >= 15 is 0 Å². The van der Waals surface area contributed by atoms with Crippen LogP contribution in [0.3, 0.4) is 0 Å². The molecule has 116 valence electrons. The lowest BCUT2D eigenvalue weighted by Gasteiger charge is -2.35. The molecule has 0 saturated carbocycles. The zero-order valence-electron chi connectivity index (χ0n) is 13.1. The van der Waals surface area contributed by atoms with Gasteiger partial charge in [0.15, 0.2) is 11.6 Å². The van der Waals surface area contributed by atoms with Crippen LogP contribution in [0.2, 0.25) is 0 Å². The average molecular weight is 298 g/mol. The Bertz CT molecular complexity index is 603. The van der Waals surface area contributed by atoms with E-state index in [4.69, 9.17) is 4.74 Å². The molecule has 1 aliphatic heterocycles. The van der Waals surface area contributed by atoms with Gasteiger partial charge in [0, 0.05) is 46.0 Å². The average Bonchev–Trinajstić information content (AvgIpc) is 2.56. The maximum absolute atomic E-state index is 5.93. The van der Waals surface area contributed by atoms with Crippen molar-refractivity contribution in [1.82, 2.24) is 9.97 Å². The van der Waals surface area contributed by atoms with Crippen molar-refractivity contribution in [3.63, 3.8) is 0 Å². The maximum Gasteiger partial charge on any atom is 0.172 e. The monoisotopic (exact) mass is 298 g/mol. The van der Waals surface area contributed by atoms with E-state index in [1.54, 1.807) is 12.4 Å². The highest BCUT2D eigenvalue weighted by Gasteiger charge is 2.24. The molecule has 0 aliphatic carbocycles. The van der Waals surface area contributed by atoms with Gasteiger partial charge in [0.1, 0.15) is 0 Å². The van der Waals surface area contributed by atoms with Gasteiger partial charge in [0.2, 0.25) is 0 Å². The first kappa shape index (κ1) is 14.8. The third kappa shape index (κ3) is 3.36. The van der Waals surface area contributed by atoms with Crippen molar-refractivity contribution < 1.29 is 4.74 Å². The molecular weight excluding hydrogens is 276 g/mol. The highest BCUT2D eigenvalue weighted by molar-refractivity contribution is 5.61. The summed E-state index contributed by atoms with van der Waals surface area (Å²) >= 11 is 0. The summed E-state index contributed by atoms with van der Waals surface area (Å²) in [5, 5.41) is 0. The largest absolute Gasteiger partial charge is 0.374 e. The third-order valence-electron chi connectivity index (χ3n) is 3.83. The van der Waals surface area contributed by atoms with Crippen molar-refractivity contribution >= 4 is 11.6 Å². The number of hydrogen-bond acceptors (Lipinski definition) is 5. The molecule has 0 amide bonds. The van der Waals surface area contributed by atoms with E-state index in [0.717, 1.165) is 37.8 Å². The van der Waals surface area contributed by atoms with Crippen molar-refractivity contribution in [2.45, 2.75) is 12.5 Å². The first-order valence-electron chi connectivity index (χ1n) is 7.63. The van der Waals surface area contributed by atoms with Crippen LogP contribution in [0, 0.1) is 0 Å². The van der Waals surface area contributed by atoms with Crippen LogP contribution in [0.1, 0.15) is 5.56 Å². The Kier molecular flexibility index (Phi) is 4.53. The summed E-state index contributed by atoms with van der Waals surface area (Å²) in [4.78, 5) is 13.3. The highest BCUT2D eigenvalue weighted by atomic mass is 16.5. The quantitative estimate of drug-likeness (QED) is 0.863. The minimum absolute atomic E-state index is 0.188. The Balaban J connectivity index is 1.73. The number of nitrogens with zero attached hydrogens (tertiary/aromatic N) is 4. The molecule has 0 bridgehead atoms. The van der Waals surface area contributed by atoms with Gasteiger partial charge >= 0.3 is 0 Å². The SMILES string of the molecule is CN(C)c1nccnc1N1CCOC(Cc2ccccc2)C1. The molecule has 1 saturated heterocycles. The molecule has 1 aromatic carbocycles. The van der Waals surface area contributed by atoms with Crippen molar-refractivity contribution in [2.75, 3.05) is 43.6 Å². The minimum atomic E-state index is 0.188. The van der Waals surface area contributed by atoms with E-state index in [9.17, 15) is 0 Å². The molecule has 1 unspecified atom stereocenters. The van der Waals surface area contributed by atoms with Crippen LogP contribution < -0.4 is 9.80 Å². The number of rotatable bonds is 4. The molecule has 0 spiro atoms. The summed E-state index contributed by atoms with van der Waals surface area (Å²) in [6, 6.07) is 10.5. The molecule has 3 rings (SSSR count). The minimum Gasteiger partial charge on any atom is -0.374 e. The van der Waals surface area contributed by atoms with Gasteiger partial charge in [-0.2, -0.15) is 0 Å². The van der Waals surface area contributed by atoms with Crippen LogP contribution >= 0.6 is 0 Å². The van der Waals surface area contributed by atoms with Gasteiger partial charge in [-0.25, -0.2) is 9.97 Å². The van der Waals surface area contributed by atoms with Crippen LogP contribution in [0.4, 0.5) is 11.6 Å². The van der Waals surface area contributed by atoms with Crippen LogP contribution in [0.25, 0.3) is 0 Å². The van der Waals surface area contributed by atoms with Gasteiger partial charge < -0.3 is 14.5 Å². The lowest BCUT2D eigenvalue weighted by molar-refractivity contribution is 0.0408. The maximum atomic E-state index is 5.93. The van der Waals surface area contributed by atoms with Crippen molar-refractivity contribution in [3.8, 4) is 0 Å². The second-order valence-corrected chi connectivity index (χ2v) is 5.73. The van der Waals surface area contributed by atoms with Gasteiger partial charge in [0.25, 0.3) is 0 Å². The molecule has 1 fully saturated rings. The Hall–Kier alpha value is -2.14. The van der Waals surface area contributed by atoms with Gasteiger partial charge in [-0.15, -0.1) is 0 Å². The van der Waals surface area contributed by atoms with E-state index in [-0.39, 0.29) is 6.10 Å². The third-order valence-corrected chi connectivity index (χ3v) is 3.83. The number of ether oxygens (including phenoxy) is 1. The molecule has 5 heteroatoms. The topological polar surface area (TPSA) is 41.5 Å². The van der Waals surface area contributed by atoms with Gasteiger partial charge in [-0.05, 0) is 5.56 Å². The fraction of sp³-hybridized carbons (Fsp3) is 0.412. The summed E-state index contributed by atoms with van der Waals surface area (Å²) < 4.78 is 5.93. The smallest absolute Gasteiger partial charge is 0.172 e. The molecule has 0 N–H and O–H groups in total. The summed E-state index contributed by atoms with van der Waals surface area (Å²) in [5.41, 5.74) is 1.31. The van der Waals surface area contributed by atoms with E-state index in [2.05, 4.69) is 39.1 Å². The van der Waals surface area contributed by atoms with Crippen molar-refractivity contribution in [1.29, 1.82) is 0 Å². The fourth-order valence-electron chi connectivity index (χ4n) is 2.77. The van der Waals surface area contributed by atoms with Gasteiger partial charge in [0.05, 0.1) is 12.7 Å². The first-order chi connectivity index (χ1) is 10.7. The zero-order chi connectivity index (χ0) is 15.4. The van der Waals surface area contributed by atoms with E-state index in [0.29, 0.717) is 0 Å². The lowest BCUT2D eigenvalue weighted by atomic mass is 10.1. The summed E-state index contributed by atoms with van der Waals surface area (Å²) in [6.45, 7) is 2.42. The Morgan fingerprint density at radius 1 is 1.18 bits per heavy atom. The standard InChI is InChI=1S/C17H22N4O/c1-20(2)16-17(19-9-8-18-16)21-10-11-22-15(13-21)12-14-6-4-3-5-7-14/h3-9,15H,10-13H2,1-2H3. The predicted molar refractivity (Wildman–Crippen MR) is 88.5 cm³/mol. The van der Waals surface area contributed by atoms with Crippen LogP contribution in [-0.2, 0) is 11.2 Å². The normalized spacial score (nSPS) is 18.3. The van der Waals surface area contributed by atoms with E-state index in [1.165, 1.54) is 5.56 Å². The van der Waals surface area contributed by atoms with Crippen molar-refractivity contribution in [2.24, 2.45) is 0 Å². The molecule has 5 nitrogen and oxygen atoms in total. The Morgan fingerprint density at radius 3 is 2.73 bits per heavy atom. The van der Waals surface area contributed by atoms with Crippen LogP contribution in [0.15, 0.2) is 42.7 Å². The van der Waals surface area contributed by atoms with Crippen molar-refractivity contribution in [3.05, 3.63) is 48.3 Å². The van der Waals surface area contributed by atoms with Crippen LogP contribution in [-0.4, -0.2) is 49.9 Å². The number of hydrogen-bond donors (Lipinski definition) is 0. The molecule has 1 aromatic heterocycles. The number of benzene rings is 1. The lowest BCUT2D eigenvalue weighted by Crippen LogP contribution is -2.44. The summed E-state index contributed by atoms with van der Waals surface area (Å²) in [6.07, 6.45) is 4.60. The second-order valence-electron chi connectivity index (χ2n) is 5.73. The molecule has 2 aromatic rings. The molecule has 0 radical (unpaired) electrons. The zero-order valence-corrected chi connectivity index (χ0v) is 13.1. The number of morpholine rings is 1. The Labute approximate surface area is 131 Å². The first-order valence-corrected chi connectivity index (χ1v) is 7.63. The van der Waals surface area contributed by atoms with E-state index < -0.39 is 0 Å². The number of anilines is 2. The molecule has 22 heavy (non-hydrogen) atoms. The second kappa shape index (κ2) is 6.75. The molecular formula is C17H22N4O. The summed E-state index contributed by atoms with van der Waals surface area (Å²) in [5.74, 6) is 1.84. The number of aromatic nitrogens is 2. The fourth-order valence-corrected chi connectivity index (χ4v) is 2.77. The molecule has 2 heterocycles. The molecule has 1 aliphatic rings. The summed E-state index contributed by atoms with van der Waals surface area (Å²) in [7, 11) is 3.99. The van der Waals surface area contributed by atoms with Gasteiger partial charge in [-0.3, -0.25) is 0 Å². The van der Waals surface area contributed by atoms with Gasteiger partial charge in [-0.1, -0.05) is 30.3 Å². The molecule has 1 atom stereocenters. The highest BCUT2D eigenvalue weighted by Crippen LogP contribution is 2.25. The Morgan fingerprint density at radius 2 is 1.95 bits per heavy atom. The van der Waals surface area contributed by atoms with E-state index in [1.807, 2.05) is 25.1 Å².